The van der Waals surface area contributed by atoms with Gasteiger partial charge in [-0.25, -0.2) is 0 Å². The summed E-state index contributed by atoms with van der Waals surface area (Å²) in [6.07, 6.45) is 4.32. The molecule has 2 aliphatic rings. The van der Waals surface area contributed by atoms with Crippen molar-refractivity contribution < 1.29 is 9.59 Å². The molecule has 1 aliphatic heterocycles. The summed E-state index contributed by atoms with van der Waals surface area (Å²) in [6, 6.07) is 0. The number of hydrogen-bond acceptors (Lipinski definition) is 4. The minimum absolute atomic E-state index is 0.102. The van der Waals surface area contributed by atoms with Crippen LogP contribution in [0.25, 0.3) is 0 Å². The van der Waals surface area contributed by atoms with Gasteiger partial charge in [0.25, 0.3) is 0 Å². The fraction of sp³-hybridized carbons (Fsp3) is 0.455. The number of halogens is 1. The predicted octanol–water partition coefficient (Wildman–Crippen LogP) is 1.93. The highest BCUT2D eigenvalue weighted by molar-refractivity contribution is 8.04. The molecule has 86 valence electrons. The van der Waals surface area contributed by atoms with Crippen LogP contribution in [0.4, 0.5) is 0 Å². The van der Waals surface area contributed by atoms with Crippen LogP contribution in [0.3, 0.4) is 0 Å². The van der Waals surface area contributed by atoms with Crippen LogP contribution in [-0.4, -0.2) is 34.8 Å². The SMILES string of the molecule is CN1C2=CCC(=O)C=C2SC1C(=O)CCCl. The topological polar surface area (TPSA) is 37.4 Å². The summed E-state index contributed by atoms with van der Waals surface area (Å²) < 4.78 is 0. The fourth-order valence-electron chi connectivity index (χ4n) is 1.81. The molecule has 3 nitrogen and oxygen atoms in total. The van der Waals surface area contributed by atoms with Gasteiger partial charge in [0, 0.05) is 36.4 Å². The number of nitrogens with zero attached hydrogens (tertiary/aromatic N) is 1. The van der Waals surface area contributed by atoms with Crippen molar-refractivity contribution in [3.8, 4) is 0 Å². The van der Waals surface area contributed by atoms with Gasteiger partial charge in [-0.2, -0.15) is 0 Å². The van der Waals surface area contributed by atoms with Gasteiger partial charge in [-0.15, -0.1) is 11.6 Å². The van der Waals surface area contributed by atoms with Crippen molar-refractivity contribution in [2.45, 2.75) is 18.2 Å². The predicted molar refractivity (Wildman–Crippen MR) is 65.3 cm³/mol. The number of likely N-dealkylation sites (N-methyl/N-ethyl adjacent to an activating group) is 1. The Bertz CT molecular complexity index is 403. The summed E-state index contributed by atoms with van der Waals surface area (Å²) >= 11 is 7.01. The first-order chi connectivity index (χ1) is 7.63. The Morgan fingerprint density at radius 3 is 3.12 bits per heavy atom. The maximum absolute atomic E-state index is 11.8. The van der Waals surface area contributed by atoms with Crippen molar-refractivity contribution in [1.29, 1.82) is 0 Å². The molecular formula is C11H12ClNO2S. The monoisotopic (exact) mass is 257 g/mol. The quantitative estimate of drug-likeness (QED) is 0.724. The molecule has 0 aromatic carbocycles. The number of rotatable bonds is 3. The van der Waals surface area contributed by atoms with Crippen molar-refractivity contribution in [2.24, 2.45) is 0 Å². The van der Waals surface area contributed by atoms with Crippen LogP contribution in [-0.2, 0) is 9.59 Å². The van der Waals surface area contributed by atoms with Gasteiger partial charge in [0.1, 0.15) is 5.37 Å². The van der Waals surface area contributed by atoms with Crippen molar-refractivity contribution >= 4 is 34.9 Å². The van der Waals surface area contributed by atoms with Gasteiger partial charge in [-0.3, -0.25) is 9.59 Å². The lowest BCUT2D eigenvalue weighted by Gasteiger charge is -2.20. The molecule has 1 saturated heterocycles. The van der Waals surface area contributed by atoms with E-state index in [0.717, 1.165) is 10.6 Å². The first-order valence-electron chi connectivity index (χ1n) is 5.06. The zero-order valence-corrected chi connectivity index (χ0v) is 10.5. The molecular weight excluding hydrogens is 246 g/mol. The van der Waals surface area contributed by atoms with Crippen LogP contribution in [0.2, 0.25) is 0 Å². The zero-order valence-electron chi connectivity index (χ0n) is 8.90. The van der Waals surface area contributed by atoms with E-state index in [1.54, 1.807) is 6.08 Å². The summed E-state index contributed by atoms with van der Waals surface area (Å²) in [5.74, 6) is 0.567. The second-order valence-corrected chi connectivity index (χ2v) is 5.25. The Balaban J connectivity index is 2.19. The molecule has 0 radical (unpaired) electrons. The molecule has 1 atom stereocenters. The molecule has 0 amide bonds. The number of alkyl halides is 1. The van der Waals surface area contributed by atoms with Gasteiger partial charge < -0.3 is 4.90 Å². The van der Waals surface area contributed by atoms with Crippen LogP contribution in [0, 0.1) is 0 Å². The summed E-state index contributed by atoms with van der Waals surface area (Å²) in [6.45, 7) is 0. The van der Waals surface area contributed by atoms with Gasteiger partial charge in [0.2, 0.25) is 0 Å². The van der Waals surface area contributed by atoms with Crippen molar-refractivity contribution in [1.82, 2.24) is 4.90 Å². The van der Waals surface area contributed by atoms with Crippen LogP contribution in [0.15, 0.2) is 22.8 Å². The Kier molecular flexibility index (Phi) is 3.40. The lowest BCUT2D eigenvalue weighted by Crippen LogP contribution is -2.30. The third-order valence-electron chi connectivity index (χ3n) is 2.63. The van der Waals surface area contributed by atoms with Crippen LogP contribution in [0.1, 0.15) is 12.8 Å². The van der Waals surface area contributed by atoms with Crippen LogP contribution >= 0.6 is 23.4 Å². The highest BCUT2D eigenvalue weighted by Gasteiger charge is 2.36. The van der Waals surface area contributed by atoms with Gasteiger partial charge >= 0.3 is 0 Å². The largest absolute Gasteiger partial charge is 0.355 e. The van der Waals surface area contributed by atoms with E-state index in [2.05, 4.69) is 0 Å². The Hall–Kier alpha value is -0.740. The first-order valence-corrected chi connectivity index (χ1v) is 6.48. The lowest BCUT2D eigenvalue weighted by molar-refractivity contribution is -0.120. The highest BCUT2D eigenvalue weighted by Crippen LogP contribution is 2.43. The van der Waals surface area contributed by atoms with Crippen LogP contribution < -0.4 is 0 Å². The lowest BCUT2D eigenvalue weighted by atomic mass is 10.1. The second kappa shape index (κ2) is 4.63. The van der Waals surface area contributed by atoms with E-state index in [1.807, 2.05) is 18.0 Å². The van der Waals surface area contributed by atoms with Gasteiger partial charge in [0.05, 0.1) is 0 Å². The molecule has 0 aromatic heterocycles. The number of fused-ring (bicyclic) bond motifs is 1. The van der Waals surface area contributed by atoms with Crippen LogP contribution in [0.5, 0.6) is 0 Å². The Labute approximate surface area is 104 Å². The van der Waals surface area contributed by atoms with Gasteiger partial charge in [-0.1, -0.05) is 17.8 Å². The average molecular weight is 258 g/mol. The van der Waals surface area contributed by atoms with E-state index < -0.39 is 0 Å². The Morgan fingerprint density at radius 1 is 1.69 bits per heavy atom. The first kappa shape index (κ1) is 11.7. The van der Waals surface area contributed by atoms with E-state index >= 15 is 0 Å². The normalized spacial score (nSPS) is 24.0. The standard InChI is InChI=1S/C11H12ClNO2S/c1-13-8-3-2-7(14)6-10(8)16-11(13)9(15)4-5-12/h3,6,11H,2,4-5H2,1H3. The number of thioether (sulfide) groups is 1. The van der Waals surface area contributed by atoms with E-state index in [4.69, 9.17) is 11.6 Å². The fourth-order valence-corrected chi connectivity index (χ4v) is 3.31. The van der Waals surface area contributed by atoms with Crippen molar-refractivity contribution in [3.63, 3.8) is 0 Å². The highest BCUT2D eigenvalue weighted by atomic mass is 35.5. The number of ketones is 2. The van der Waals surface area contributed by atoms with Crippen molar-refractivity contribution in [2.75, 3.05) is 12.9 Å². The van der Waals surface area contributed by atoms with E-state index in [9.17, 15) is 9.59 Å². The molecule has 0 aromatic rings. The number of Topliss-reactive ketones (excluding diaryl/α,β-unsaturated/α-hetero) is 1. The number of carbonyl (C=O) groups excluding carboxylic acids is 2. The number of carbonyl (C=O) groups is 2. The van der Waals surface area contributed by atoms with Gasteiger partial charge in [-0.05, 0) is 6.08 Å². The Morgan fingerprint density at radius 2 is 2.44 bits per heavy atom. The third kappa shape index (κ3) is 2.04. The number of hydrogen-bond donors (Lipinski definition) is 0. The molecule has 5 heteroatoms. The molecule has 16 heavy (non-hydrogen) atoms. The molecule has 1 fully saturated rings. The molecule has 0 N–H and O–H groups in total. The molecule has 1 unspecified atom stereocenters. The smallest absolute Gasteiger partial charge is 0.167 e. The summed E-state index contributed by atoms with van der Waals surface area (Å²) in [5.41, 5.74) is 0.998. The van der Waals surface area contributed by atoms with E-state index in [-0.39, 0.29) is 16.9 Å². The average Bonchev–Trinajstić information content (AvgIpc) is 2.56. The minimum Gasteiger partial charge on any atom is -0.355 e. The summed E-state index contributed by atoms with van der Waals surface area (Å²) in [5, 5.41) is -0.220. The maximum atomic E-state index is 11.8. The number of allylic oxidation sites excluding steroid dienone is 2. The van der Waals surface area contributed by atoms with E-state index in [1.165, 1.54) is 11.8 Å². The van der Waals surface area contributed by atoms with Gasteiger partial charge in [0.15, 0.2) is 11.6 Å². The molecule has 1 aliphatic carbocycles. The second-order valence-electron chi connectivity index (χ2n) is 3.75. The molecule has 0 spiro atoms. The summed E-state index contributed by atoms with van der Waals surface area (Å²) in [4.78, 5) is 25.9. The van der Waals surface area contributed by atoms with E-state index in [0.29, 0.717) is 18.7 Å². The molecule has 1 heterocycles. The maximum Gasteiger partial charge on any atom is 0.167 e. The molecule has 2 rings (SSSR count). The third-order valence-corrected chi connectivity index (χ3v) is 4.20. The molecule has 0 bridgehead atoms. The molecule has 0 saturated carbocycles. The summed E-state index contributed by atoms with van der Waals surface area (Å²) in [7, 11) is 1.88. The van der Waals surface area contributed by atoms with Crippen molar-refractivity contribution in [3.05, 3.63) is 22.8 Å². The zero-order chi connectivity index (χ0) is 11.7. The minimum atomic E-state index is -0.220.